The molecule has 134 valence electrons. The molecule has 2 aromatic carbocycles. The van der Waals surface area contributed by atoms with Crippen molar-refractivity contribution < 1.29 is 17.1 Å². The van der Waals surface area contributed by atoms with E-state index in [2.05, 4.69) is 26.2 Å². The average Bonchev–Trinajstić information content (AvgIpc) is 2.88. The van der Waals surface area contributed by atoms with Crippen molar-refractivity contribution >= 4 is 21.9 Å². The summed E-state index contributed by atoms with van der Waals surface area (Å²) in [6, 6.07) is 17.2. The number of hydrogen-bond acceptors (Lipinski definition) is 4. The number of nitrogens with zero attached hydrogens (tertiary/aromatic N) is 1. The quantitative estimate of drug-likeness (QED) is 0.589. The Balaban J connectivity index is 1.70. The van der Waals surface area contributed by atoms with Gasteiger partial charge in [0.1, 0.15) is 12.6 Å². The molecule has 0 aliphatic carbocycles. The molecule has 0 saturated carbocycles. The fourth-order valence-electron chi connectivity index (χ4n) is 3.06. The molecule has 25 heavy (non-hydrogen) atoms. The lowest BCUT2D eigenvalue weighted by Crippen LogP contribution is -2.49. The maximum absolute atomic E-state index is 12.4. The predicted octanol–water partition coefficient (Wildman–Crippen LogP) is 3.59. The molecule has 0 amide bonds. The molecule has 0 N–H and O–H groups in total. The van der Waals surface area contributed by atoms with Crippen LogP contribution in [0, 0.1) is 6.92 Å². The molecule has 4 nitrogen and oxygen atoms in total. The van der Waals surface area contributed by atoms with E-state index < -0.39 is 10.1 Å². The van der Waals surface area contributed by atoms with Crippen LogP contribution >= 0.6 is 11.8 Å². The van der Waals surface area contributed by atoms with Crippen molar-refractivity contribution in [2.45, 2.75) is 23.2 Å². The van der Waals surface area contributed by atoms with Crippen LogP contribution in [0.3, 0.4) is 0 Å². The summed E-state index contributed by atoms with van der Waals surface area (Å²) in [6.07, 6.45) is 0. The van der Waals surface area contributed by atoms with E-state index in [0.717, 1.165) is 11.3 Å². The Bertz CT molecular complexity index is 818. The van der Waals surface area contributed by atoms with E-state index in [0.29, 0.717) is 4.48 Å². The molecule has 0 bridgehead atoms. The number of benzene rings is 2. The minimum Gasteiger partial charge on any atom is -0.309 e. The fraction of sp³-hybridized carbons (Fsp3) is 0.368. The van der Waals surface area contributed by atoms with Gasteiger partial charge >= 0.3 is 0 Å². The first kappa shape index (κ1) is 18.5. The first-order chi connectivity index (χ1) is 11.8. The summed E-state index contributed by atoms with van der Waals surface area (Å²) in [5, 5.41) is 0.289. The third-order valence-corrected chi connectivity index (χ3v) is 7.81. The molecule has 1 fully saturated rings. The first-order valence-corrected chi connectivity index (χ1v) is 10.7. The van der Waals surface area contributed by atoms with Gasteiger partial charge in [-0.2, -0.15) is 8.42 Å². The van der Waals surface area contributed by atoms with Gasteiger partial charge in [-0.3, -0.25) is 4.18 Å². The summed E-state index contributed by atoms with van der Waals surface area (Å²) >= 11 is 1.86. The Morgan fingerprint density at radius 3 is 2.36 bits per heavy atom. The van der Waals surface area contributed by atoms with Crippen molar-refractivity contribution in [2.24, 2.45) is 0 Å². The van der Waals surface area contributed by atoms with Crippen LogP contribution in [0.5, 0.6) is 0 Å². The van der Waals surface area contributed by atoms with Crippen molar-refractivity contribution in [3.05, 3.63) is 65.7 Å². The third-order valence-electron chi connectivity index (χ3n) is 4.80. The minimum atomic E-state index is -3.72. The second-order valence-electron chi connectivity index (χ2n) is 6.93. The smallest absolute Gasteiger partial charge is 0.297 e. The zero-order chi connectivity index (χ0) is 18.1. The number of likely N-dealkylation sites (N-methyl/N-ethyl adjacent to an activating group) is 1. The van der Waals surface area contributed by atoms with E-state index in [4.69, 9.17) is 4.18 Å². The van der Waals surface area contributed by atoms with Crippen LogP contribution in [-0.4, -0.2) is 45.4 Å². The van der Waals surface area contributed by atoms with Gasteiger partial charge in [-0.05, 0) is 19.1 Å². The van der Waals surface area contributed by atoms with Crippen molar-refractivity contribution in [1.29, 1.82) is 0 Å². The van der Waals surface area contributed by atoms with Gasteiger partial charge in [-0.1, -0.05) is 59.8 Å². The highest BCUT2D eigenvalue weighted by atomic mass is 32.2. The van der Waals surface area contributed by atoms with Gasteiger partial charge in [0.2, 0.25) is 0 Å². The Morgan fingerprint density at radius 1 is 1.08 bits per heavy atom. The Labute approximate surface area is 154 Å². The molecule has 2 unspecified atom stereocenters. The molecule has 2 aromatic rings. The third kappa shape index (κ3) is 3.92. The van der Waals surface area contributed by atoms with Gasteiger partial charge in [-0.15, -0.1) is 0 Å². The summed E-state index contributed by atoms with van der Waals surface area (Å²) in [6.45, 7) is 2.12. The second kappa shape index (κ2) is 7.11. The first-order valence-electron chi connectivity index (χ1n) is 8.27. The zero-order valence-corrected chi connectivity index (χ0v) is 16.4. The number of quaternary nitrogens is 1. The monoisotopic (exact) mass is 378 g/mol. The molecule has 2 atom stereocenters. The summed E-state index contributed by atoms with van der Waals surface area (Å²) in [5.74, 6) is 0.871. The van der Waals surface area contributed by atoms with Gasteiger partial charge in [0.05, 0.1) is 24.7 Å². The van der Waals surface area contributed by atoms with Crippen LogP contribution in [0.2, 0.25) is 0 Å². The average molecular weight is 379 g/mol. The summed E-state index contributed by atoms with van der Waals surface area (Å²) in [5.41, 5.74) is 2.29. The Kier molecular flexibility index (Phi) is 5.25. The Morgan fingerprint density at radius 2 is 1.72 bits per heavy atom. The van der Waals surface area contributed by atoms with Crippen LogP contribution in [0.25, 0.3) is 0 Å². The normalized spacial score (nSPS) is 22.8. The fourth-order valence-corrected chi connectivity index (χ4v) is 5.79. The SMILES string of the molecule is Cc1ccc(S(=O)(=O)OCC2CSC(c3ccccc3)[N+]2(C)C)cc1. The zero-order valence-electron chi connectivity index (χ0n) is 14.8. The number of aryl methyl sites for hydroxylation is 1. The molecule has 3 rings (SSSR count). The van der Waals surface area contributed by atoms with Crippen LogP contribution in [0.4, 0.5) is 0 Å². The van der Waals surface area contributed by atoms with Crippen LogP contribution in [-0.2, 0) is 14.3 Å². The van der Waals surface area contributed by atoms with E-state index in [9.17, 15) is 8.42 Å². The largest absolute Gasteiger partial charge is 0.309 e. The summed E-state index contributed by atoms with van der Waals surface area (Å²) in [4.78, 5) is 0.216. The van der Waals surface area contributed by atoms with Crippen molar-refractivity contribution in [3.63, 3.8) is 0 Å². The highest BCUT2D eigenvalue weighted by Gasteiger charge is 2.45. The van der Waals surface area contributed by atoms with Crippen LogP contribution < -0.4 is 0 Å². The predicted molar refractivity (Wildman–Crippen MR) is 102 cm³/mol. The van der Waals surface area contributed by atoms with E-state index in [1.807, 2.05) is 36.9 Å². The lowest BCUT2D eigenvalue weighted by molar-refractivity contribution is -0.922. The number of thioether (sulfide) groups is 1. The van der Waals surface area contributed by atoms with Crippen molar-refractivity contribution in [2.75, 3.05) is 26.5 Å². The van der Waals surface area contributed by atoms with Crippen LogP contribution in [0.1, 0.15) is 16.5 Å². The van der Waals surface area contributed by atoms with Gasteiger partial charge in [0.25, 0.3) is 10.1 Å². The molecule has 0 spiro atoms. The van der Waals surface area contributed by atoms with E-state index in [1.54, 1.807) is 24.3 Å². The van der Waals surface area contributed by atoms with Crippen LogP contribution in [0.15, 0.2) is 59.5 Å². The summed E-state index contributed by atoms with van der Waals surface area (Å²) in [7, 11) is 0.570. The molecule has 0 radical (unpaired) electrons. The maximum Gasteiger partial charge on any atom is 0.297 e. The van der Waals surface area contributed by atoms with Crippen molar-refractivity contribution in [1.82, 2.24) is 0 Å². The Hall–Kier alpha value is -1.34. The highest BCUT2D eigenvalue weighted by Crippen LogP contribution is 2.45. The molecule has 0 aromatic heterocycles. The standard InChI is InChI=1S/C19H24NO3S2/c1-15-9-11-18(12-10-15)25(21,22)23-13-17-14-24-19(20(17,2)3)16-7-5-4-6-8-16/h4-12,17,19H,13-14H2,1-3H3/q+1. The molecule has 1 aliphatic heterocycles. The molecule has 1 heterocycles. The highest BCUT2D eigenvalue weighted by molar-refractivity contribution is 7.99. The minimum absolute atomic E-state index is 0.121. The van der Waals surface area contributed by atoms with Gasteiger partial charge in [0, 0.05) is 5.56 Å². The van der Waals surface area contributed by atoms with Crippen molar-refractivity contribution in [3.8, 4) is 0 Å². The van der Waals surface area contributed by atoms with E-state index in [-0.39, 0.29) is 22.9 Å². The second-order valence-corrected chi connectivity index (χ2v) is 9.66. The summed E-state index contributed by atoms with van der Waals surface area (Å²) < 4.78 is 31.0. The van der Waals surface area contributed by atoms with E-state index >= 15 is 0 Å². The molecule has 6 heteroatoms. The lowest BCUT2D eigenvalue weighted by Gasteiger charge is -2.36. The van der Waals surface area contributed by atoms with E-state index in [1.165, 1.54) is 5.56 Å². The topological polar surface area (TPSA) is 43.4 Å². The molecule has 1 aliphatic rings. The maximum atomic E-state index is 12.4. The molecular formula is C19H24NO3S2+. The number of rotatable bonds is 5. The molecule has 1 saturated heterocycles. The van der Waals surface area contributed by atoms with Gasteiger partial charge in [-0.25, -0.2) is 0 Å². The molecular weight excluding hydrogens is 354 g/mol. The lowest BCUT2D eigenvalue weighted by atomic mass is 10.1. The van der Waals surface area contributed by atoms with Gasteiger partial charge < -0.3 is 4.48 Å². The number of hydrogen-bond donors (Lipinski definition) is 0. The van der Waals surface area contributed by atoms with Gasteiger partial charge in [0.15, 0.2) is 5.37 Å².